The molecule has 23 heavy (non-hydrogen) atoms. The Morgan fingerprint density at radius 3 is 2.48 bits per heavy atom. The number of carbonyl (C=O) groups excluding carboxylic acids is 1. The number of amides is 1. The van der Waals surface area contributed by atoms with Crippen molar-refractivity contribution in [3.63, 3.8) is 0 Å². The first-order chi connectivity index (χ1) is 10.9. The van der Waals surface area contributed by atoms with Crippen molar-refractivity contribution in [2.45, 2.75) is 43.0 Å². The van der Waals surface area contributed by atoms with Crippen molar-refractivity contribution in [3.8, 4) is 0 Å². The lowest BCUT2D eigenvalue weighted by atomic mass is 10.0. The first kappa shape index (κ1) is 15.0. The number of rotatable bonds is 2. The molecule has 2 atom stereocenters. The lowest BCUT2D eigenvalue weighted by Gasteiger charge is -2.38. The highest BCUT2D eigenvalue weighted by Gasteiger charge is 2.46. The normalized spacial score (nSPS) is 27.5. The van der Waals surface area contributed by atoms with E-state index < -0.39 is 9.84 Å². The van der Waals surface area contributed by atoms with E-state index in [4.69, 9.17) is 0 Å². The van der Waals surface area contributed by atoms with Crippen LogP contribution in [0, 0.1) is 0 Å². The van der Waals surface area contributed by atoms with Gasteiger partial charge in [0.25, 0.3) is 5.91 Å². The fraction of sp³-hybridized carbons (Fsp3) is 0.533. The molecule has 1 amide bonds. The van der Waals surface area contributed by atoms with Crippen LogP contribution in [0.3, 0.4) is 0 Å². The van der Waals surface area contributed by atoms with E-state index in [-0.39, 0.29) is 23.2 Å². The van der Waals surface area contributed by atoms with Crippen LogP contribution in [0.25, 0.3) is 11.0 Å². The molecular formula is C15H17N3O3S2. The number of piperidine rings is 1. The van der Waals surface area contributed by atoms with Crippen molar-refractivity contribution >= 4 is 38.5 Å². The van der Waals surface area contributed by atoms with Crippen LogP contribution in [-0.4, -0.2) is 51.6 Å². The Hall–Kier alpha value is -1.54. The molecule has 4 rings (SSSR count). The topological polar surface area (TPSA) is 80.2 Å². The molecule has 2 unspecified atom stereocenters. The Kier molecular flexibility index (Phi) is 3.42. The number of nitrogens with zero attached hydrogens (tertiary/aromatic N) is 3. The van der Waals surface area contributed by atoms with Gasteiger partial charge < -0.3 is 4.90 Å². The Balaban J connectivity index is 1.62. The van der Waals surface area contributed by atoms with E-state index in [1.54, 1.807) is 12.1 Å². The van der Waals surface area contributed by atoms with Crippen molar-refractivity contribution in [3.05, 3.63) is 23.8 Å². The summed E-state index contributed by atoms with van der Waals surface area (Å²) in [5, 5.41) is -0.311. The van der Waals surface area contributed by atoms with E-state index in [2.05, 4.69) is 8.75 Å². The van der Waals surface area contributed by atoms with Gasteiger partial charge in [0.1, 0.15) is 20.9 Å². The fourth-order valence-corrected chi connectivity index (χ4v) is 5.53. The van der Waals surface area contributed by atoms with Gasteiger partial charge >= 0.3 is 0 Å². The molecule has 3 heterocycles. The lowest BCUT2D eigenvalue weighted by molar-refractivity contribution is 0.0598. The van der Waals surface area contributed by atoms with Crippen LogP contribution in [0.4, 0.5) is 0 Å². The van der Waals surface area contributed by atoms with E-state index in [0.717, 1.165) is 35.6 Å². The second kappa shape index (κ2) is 5.24. The molecule has 0 aliphatic carbocycles. The van der Waals surface area contributed by atoms with E-state index in [1.807, 2.05) is 11.0 Å². The summed E-state index contributed by atoms with van der Waals surface area (Å²) in [6.45, 7) is 0. The molecule has 0 N–H and O–H groups in total. The third-order valence-electron chi connectivity index (χ3n) is 5.03. The van der Waals surface area contributed by atoms with Gasteiger partial charge in [-0.2, -0.15) is 8.75 Å². The second-order valence-electron chi connectivity index (χ2n) is 6.49. The standard InChI is InChI=1S/C15H17N3O3S2/c1-23(20,21)12-7-10-3-4-11(8-12)18(10)15(19)9-2-5-13-14(6-9)17-22-16-13/h2,5-6,10-12H,3-4,7-8H2,1H3. The Bertz CT molecular complexity index is 863. The molecule has 2 bridgehead atoms. The molecule has 0 saturated carbocycles. The number of fused-ring (bicyclic) bond motifs is 3. The number of benzene rings is 1. The van der Waals surface area contributed by atoms with Crippen LogP contribution < -0.4 is 0 Å². The monoisotopic (exact) mass is 351 g/mol. The van der Waals surface area contributed by atoms with Crippen LogP contribution in [0.15, 0.2) is 18.2 Å². The highest BCUT2D eigenvalue weighted by atomic mass is 32.2. The summed E-state index contributed by atoms with van der Waals surface area (Å²) in [5.41, 5.74) is 2.14. The first-order valence-electron chi connectivity index (χ1n) is 7.67. The average molecular weight is 351 g/mol. The molecule has 122 valence electrons. The Labute approximate surface area is 138 Å². The van der Waals surface area contributed by atoms with Gasteiger partial charge in [-0.25, -0.2) is 8.42 Å². The number of aromatic nitrogens is 2. The smallest absolute Gasteiger partial charge is 0.254 e. The molecule has 6 nitrogen and oxygen atoms in total. The molecule has 2 fully saturated rings. The van der Waals surface area contributed by atoms with Crippen molar-refractivity contribution in [1.29, 1.82) is 0 Å². The van der Waals surface area contributed by atoms with Crippen LogP contribution in [0.2, 0.25) is 0 Å². The SMILES string of the molecule is CS(=O)(=O)C1CC2CCC(C1)N2C(=O)c1ccc2nsnc2c1. The third-order valence-corrected chi connectivity index (χ3v) is 7.18. The van der Waals surface area contributed by atoms with E-state index in [1.165, 1.54) is 6.26 Å². The van der Waals surface area contributed by atoms with Crippen molar-refractivity contribution in [2.75, 3.05) is 6.26 Å². The molecule has 0 radical (unpaired) electrons. The largest absolute Gasteiger partial charge is 0.333 e. The van der Waals surface area contributed by atoms with Crippen LogP contribution in [0.5, 0.6) is 0 Å². The van der Waals surface area contributed by atoms with Crippen molar-refractivity contribution < 1.29 is 13.2 Å². The van der Waals surface area contributed by atoms with Gasteiger partial charge in [0.2, 0.25) is 0 Å². The van der Waals surface area contributed by atoms with Crippen molar-refractivity contribution in [1.82, 2.24) is 13.6 Å². The number of sulfone groups is 1. The summed E-state index contributed by atoms with van der Waals surface area (Å²) in [4.78, 5) is 14.8. The molecule has 8 heteroatoms. The maximum atomic E-state index is 12.9. The van der Waals surface area contributed by atoms with Crippen LogP contribution >= 0.6 is 11.7 Å². The van der Waals surface area contributed by atoms with E-state index in [9.17, 15) is 13.2 Å². The second-order valence-corrected chi connectivity index (χ2v) is 9.34. The predicted octanol–water partition coefficient (Wildman–Crippen LogP) is 1.87. The van der Waals surface area contributed by atoms with E-state index >= 15 is 0 Å². The molecule has 2 aliphatic rings. The minimum absolute atomic E-state index is 0.0145. The summed E-state index contributed by atoms with van der Waals surface area (Å²) in [7, 11) is -3.04. The van der Waals surface area contributed by atoms with Gasteiger partial charge in [0, 0.05) is 23.9 Å². The molecule has 2 saturated heterocycles. The van der Waals surface area contributed by atoms with Gasteiger partial charge in [0.15, 0.2) is 0 Å². The van der Waals surface area contributed by atoms with Gasteiger partial charge in [-0.1, -0.05) is 0 Å². The van der Waals surface area contributed by atoms with Gasteiger partial charge in [-0.3, -0.25) is 4.79 Å². The van der Waals surface area contributed by atoms with Crippen LogP contribution in [0.1, 0.15) is 36.0 Å². The van der Waals surface area contributed by atoms with Gasteiger partial charge in [0.05, 0.1) is 17.0 Å². The predicted molar refractivity (Wildman–Crippen MR) is 88.3 cm³/mol. The molecule has 1 aromatic heterocycles. The van der Waals surface area contributed by atoms with Crippen LogP contribution in [-0.2, 0) is 9.84 Å². The highest BCUT2D eigenvalue weighted by molar-refractivity contribution is 7.91. The lowest BCUT2D eigenvalue weighted by Crippen LogP contribution is -2.49. The molecule has 2 aliphatic heterocycles. The van der Waals surface area contributed by atoms with Crippen molar-refractivity contribution in [2.24, 2.45) is 0 Å². The average Bonchev–Trinajstić information content (AvgIpc) is 3.06. The summed E-state index contributed by atoms with van der Waals surface area (Å²) in [6.07, 6.45) is 4.20. The quantitative estimate of drug-likeness (QED) is 0.825. The van der Waals surface area contributed by atoms with Gasteiger partial charge in [-0.15, -0.1) is 0 Å². The highest BCUT2D eigenvalue weighted by Crippen LogP contribution is 2.39. The molecule has 0 spiro atoms. The zero-order valence-corrected chi connectivity index (χ0v) is 14.3. The molecule has 2 aromatic rings. The molecular weight excluding hydrogens is 334 g/mol. The first-order valence-corrected chi connectivity index (χ1v) is 10.4. The minimum atomic E-state index is -3.04. The zero-order valence-electron chi connectivity index (χ0n) is 12.7. The Morgan fingerprint density at radius 2 is 1.83 bits per heavy atom. The summed E-state index contributed by atoms with van der Waals surface area (Å²) >= 11 is 1.13. The molecule has 1 aromatic carbocycles. The van der Waals surface area contributed by atoms with E-state index in [0.29, 0.717) is 18.4 Å². The zero-order chi connectivity index (χ0) is 16.2. The summed E-state index contributed by atoms with van der Waals surface area (Å²) in [5.74, 6) is -0.0145. The number of hydrogen-bond donors (Lipinski definition) is 0. The maximum Gasteiger partial charge on any atom is 0.254 e. The number of carbonyl (C=O) groups is 1. The third kappa shape index (κ3) is 2.53. The number of hydrogen-bond acceptors (Lipinski definition) is 6. The maximum absolute atomic E-state index is 12.9. The summed E-state index contributed by atoms with van der Waals surface area (Å²) in [6, 6.07) is 5.45. The minimum Gasteiger partial charge on any atom is -0.333 e. The van der Waals surface area contributed by atoms with Gasteiger partial charge in [-0.05, 0) is 43.9 Å². The fourth-order valence-electron chi connectivity index (χ4n) is 3.87. The Morgan fingerprint density at radius 1 is 1.17 bits per heavy atom. The summed E-state index contributed by atoms with van der Waals surface area (Å²) < 4.78 is 32.0.